The molecule has 3 nitrogen and oxygen atoms in total. The zero-order valence-corrected chi connectivity index (χ0v) is 14.3. The maximum absolute atomic E-state index is 12.4. The Morgan fingerprint density at radius 3 is 2.19 bits per heavy atom. The van der Waals surface area contributed by atoms with E-state index >= 15 is 0 Å². The highest BCUT2D eigenvalue weighted by molar-refractivity contribution is 6.01. The lowest BCUT2D eigenvalue weighted by Crippen LogP contribution is -2.24. The molecule has 0 spiro atoms. The number of carbonyl (C=O) groups is 1. The van der Waals surface area contributed by atoms with E-state index in [1.807, 2.05) is 55.5 Å². The molecule has 0 amide bonds. The number of fused-ring (bicyclic) bond motifs is 1. The summed E-state index contributed by atoms with van der Waals surface area (Å²) in [6.07, 6.45) is -0.985. The Labute approximate surface area is 152 Å². The normalized spacial score (nSPS) is 18.1. The Morgan fingerprint density at radius 2 is 1.46 bits per heavy atom. The number of rotatable bonds is 2. The summed E-state index contributed by atoms with van der Waals surface area (Å²) in [5.74, 6) is -0.0817. The van der Waals surface area contributed by atoms with Crippen LogP contribution in [-0.4, -0.2) is 11.1 Å². The number of hydrogen-bond acceptors (Lipinski definition) is 3. The second kappa shape index (κ2) is 6.62. The highest BCUT2D eigenvalue weighted by Gasteiger charge is 2.32. The molecule has 128 valence electrons. The van der Waals surface area contributed by atoms with E-state index in [1.54, 1.807) is 18.2 Å². The number of carbonyl (C=O) groups excluding carboxylic acids is 1. The topological polar surface area (TPSA) is 46.5 Å². The largest absolute Gasteiger partial charge is 0.423 e. The lowest BCUT2D eigenvalue weighted by atomic mass is 9.91. The number of benzene rings is 3. The molecule has 0 radical (unpaired) electrons. The van der Waals surface area contributed by atoms with Gasteiger partial charge in [0.15, 0.2) is 0 Å². The SMILES string of the molecule is C/C(=C1\C(=O)Oc2ccccc2C1O)c1ccc(-c2ccccc2)cc1. The van der Waals surface area contributed by atoms with Crippen molar-refractivity contribution in [3.63, 3.8) is 0 Å². The van der Waals surface area contributed by atoms with Gasteiger partial charge in [0, 0.05) is 5.56 Å². The summed E-state index contributed by atoms with van der Waals surface area (Å²) < 4.78 is 5.39. The van der Waals surface area contributed by atoms with Crippen molar-refractivity contribution in [1.82, 2.24) is 0 Å². The standard InChI is InChI=1S/C23H18O3/c1-15(16-11-13-18(14-12-16)17-7-3-2-4-8-17)21-22(24)19-9-5-6-10-20(19)26-23(21)25/h2-14,22,24H,1H3/b21-15+. The average molecular weight is 342 g/mol. The van der Waals surface area contributed by atoms with Gasteiger partial charge in [-0.05, 0) is 35.3 Å². The molecule has 0 bridgehead atoms. The minimum atomic E-state index is -0.985. The predicted octanol–water partition coefficient (Wildman–Crippen LogP) is 4.78. The number of allylic oxidation sites excluding steroid dienone is 1. The van der Waals surface area contributed by atoms with Crippen molar-refractivity contribution >= 4 is 11.5 Å². The van der Waals surface area contributed by atoms with Crippen LogP contribution in [0.5, 0.6) is 5.75 Å². The molecule has 0 aliphatic carbocycles. The Bertz CT molecular complexity index is 985. The first-order chi connectivity index (χ1) is 12.6. The van der Waals surface area contributed by atoms with Crippen LogP contribution in [0.3, 0.4) is 0 Å². The van der Waals surface area contributed by atoms with E-state index < -0.39 is 12.1 Å². The Hall–Kier alpha value is -3.17. The van der Waals surface area contributed by atoms with Gasteiger partial charge in [-0.1, -0.05) is 72.8 Å². The average Bonchev–Trinajstić information content (AvgIpc) is 2.69. The Morgan fingerprint density at radius 1 is 0.846 bits per heavy atom. The molecule has 26 heavy (non-hydrogen) atoms. The minimum absolute atomic E-state index is 0.288. The van der Waals surface area contributed by atoms with E-state index in [9.17, 15) is 9.90 Å². The number of aliphatic hydroxyl groups is 1. The first-order valence-electron chi connectivity index (χ1n) is 8.51. The summed E-state index contributed by atoms with van der Waals surface area (Å²) in [4.78, 5) is 12.4. The summed E-state index contributed by atoms with van der Waals surface area (Å²) in [5.41, 5.74) is 4.74. The predicted molar refractivity (Wildman–Crippen MR) is 102 cm³/mol. The van der Waals surface area contributed by atoms with E-state index in [2.05, 4.69) is 12.1 Å². The van der Waals surface area contributed by atoms with Crippen LogP contribution in [0, 0.1) is 0 Å². The van der Waals surface area contributed by atoms with Gasteiger partial charge in [0.25, 0.3) is 0 Å². The van der Waals surface area contributed by atoms with Crippen molar-refractivity contribution in [2.75, 3.05) is 0 Å². The van der Waals surface area contributed by atoms with E-state index in [-0.39, 0.29) is 5.57 Å². The molecule has 0 saturated heterocycles. The third-order valence-electron chi connectivity index (χ3n) is 4.74. The molecule has 3 heteroatoms. The van der Waals surface area contributed by atoms with Crippen LogP contribution in [0.1, 0.15) is 24.2 Å². The van der Waals surface area contributed by atoms with Gasteiger partial charge in [-0.15, -0.1) is 0 Å². The van der Waals surface area contributed by atoms with Crippen LogP contribution in [0.2, 0.25) is 0 Å². The molecule has 0 fully saturated rings. The van der Waals surface area contributed by atoms with E-state index in [0.29, 0.717) is 11.3 Å². The van der Waals surface area contributed by atoms with Gasteiger partial charge in [0.2, 0.25) is 0 Å². The molecule has 1 atom stereocenters. The van der Waals surface area contributed by atoms with Gasteiger partial charge >= 0.3 is 5.97 Å². The van der Waals surface area contributed by atoms with Gasteiger partial charge in [-0.2, -0.15) is 0 Å². The molecular weight excluding hydrogens is 324 g/mol. The summed E-state index contributed by atoms with van der Waals surface area (Å²) in [5, 5.41) is 10.7. The van der Waals surface area contributed by atoms with Gasteiger partial charge < -0.3 is 9.84 Å². The highest BCUT2D eigenvalue weighted by Crippen LogP contribution is 2.39. The van der Waals surface area contributed by atoms with Crippen LogP contribution >= 0.6 is 0 Å². The molecule has 0 saturated carbocycles. The maximum atomic E-state index is 12.4. The molecule has 0 aromatic heterocycles. The molecule has 1 unspecified atom stereocenters. The number of esters is 1. The third kappa shape index (κ3) is 2.83. The lowest BCUT2D eigenvalue weighted by molar-refractivity contribution is -0.132. The van der Waals surface area contributed by atoms with Crippen molar-refractivity contribution in [1.29, 1.82) is 0 Å². The second-order valence-corrected chi connectivity index (χ2v) is 6.31. The summed E-state index contributed by atoms with van der Waals surface area (Å²) in [6, 6.07) is 25.1. The van der Waals surface area contributed by atoms with Crippen molar-refractivity contribution in [2.45, 2.75) is 13.0 Å². The fourth-order valence-electron chi connectivity index (χ4n) is 3.28. The number of para-hydroxylation sites is 1. The van der Waals surface area contributed by atoms with Crippen LogP contribution in [0.4, 0.5) is 0 Å². The zero-order chi connectivity index (χ0) is 18.1. The first kappa shape index (κ1) is 16.3. The fourth-order valence-corrected chi connectivity index (χ4v) is 3.28. The molecule has 1 heterocycles. The maximum Gasteiger partial charge on any atom is 0.342 e. The Balaban J connectivity index is 1.72. The molecule has 1 N–H and O–H groups in total. The molecule has 3 aromatic carbocycles. The van der Waals surface area contributed by atoms with E-state index in [4.69, 9.17) is 4.74 Å². The first-order valence-corrected chi connectivity index (χ1v) is 8.51. The third-order valence-corrected chi connectivity index (χ3v) is 4.74. The summed E-state index contributed by atoms with van der Waals surface area (Å²) >= 11 is 0. The highest BCUT2D eigenvalue weighted by atomic mass is 16.5. The number of ether oxygens (including phenoxy) is 1. The molecule has 1 aliphatic rings. The van der Waals surface area contributed by atoms with E-state index in [1.165, 1.54) is 0 Å². The summed E-state index contributed by atoms with van der Waals surface area (Å²) in [7, 11) is 0. The molecular formula is C23H18O3. The second-order valence-electron chi connectivity index (χ2n) is 6.31. The lowest BCUT2D eigenvalue weighted by Gasteiger charge is -2.25. The monoisotopic (exact) mass is 342 g/mol. The van der Waals surface area contributed by atoms with Crippen molar-refractivity contribution in [2.24, 2.45) is 0 Å². The van der Waals surface area contributed by atoms with Crippen LogP contribution < -0.4 is 4.74 Å². The van der Waals surface area contributed by atoms with Crippen LogP contribution in [-0.2, 0) is 4.79 Å². The summed E-state index contributed by atoms with van der Waals surface area (Å²) in [6.45, 7) is 1.84. The van der Waals surface area contributed by atoms with Crippen molar-refractivity contribution < 1.29 is 14.6 Å². The Kier molecular flexibility index (Phi) is 4.15. The van der Waals surface area contributed by atoms with Gasteiger partial charge in [0.1, 0.15) is 11.9 Å². The van der Waals surface area contributed by atoms with E-state index in [0.717, 1.165) is 22.3 Å². The quantitative estimate of drug-likeness (QED) is 0.414. The molecule has 4 rings (SSSR count). The minimum Gasteiger partial charge on any atom is -0.423 e. The van der Waals surface area contributed by atoms with Gasteiger partial charge in [0.05, 0.1) is 5.57 Å². The van der Waals surface area contributed by atoms with Crippen molar-refractivity contribution in [3.8, 4) is 16.9 Å². The smallest absolute Gasteiger partial charge is 0.342 e. The van der Waals surface area contributed by atoms with Crippen LogP contribution in [0.15, 0.2) is 84.4 Å². The van der Waals surface area contributed by atoms with Crippen LogP contribution in [0.25, 0.3) is 16.7 Å². The zero-order valence-electron chi connectivity index (χ0n) is 14.3. The van der Waals surface area contributed by atoms with Crippen molar-refractivity contribution in [3.05, 3.63) is 95.6 Å². The number of aliphatic hydroxyl groups excluding tert-OH is 1. The number of hydrogen-bond donors (Lipinski definition) is 1. The molecule has 1 aliphatic heterocycles. The van der Waals surface area contributed by atoms with Gasteiger partial charge in [-0.25, -0.2) is 4.79 Å². The molecule has 3 aromatic rings. The van der Waals surface area contributed by atoms with Gasteiger partial charge in [-0.3, -0.25) is 0 Å². The fraction of sp³-hybridized carbons (Fsp3) is 0.0870.